The molecule has 0 radical (unpaired) electrons. The first-order valence-corrected chi connectivity index (χ1v) is 6.61. The highest BCUT2D eigenvalue weighted by molar-refractivity contribution is 5.96. The van der Waals surface area contributed by atoms with E-state index >= 15 is 0 Å². The van der Waals surface area contributed by atoms with Gasteiger partial charge in [0.25, 0.3) is 0 Å². The molecule has 2 rings (SSSR count). The molecule has 2 N–H and O–H groups in total. The summed E-state index contributed by atoms with van der Waals surface area (Å²) in [5, 5.41) is 5.18. The molecule has 0 saturated carbocycles. The van der Waals surface area contributed by atoms with Gasteiger partial charge in [0.05, 0.1) is 11.4 Å². The lowest BCUT2D eigenvalue weighted by Crippen LogP contribution is -2.24. The molecule has 5 heteroatoms. The zero-order valence-electron chi connectivity index (χ0n) is 12.2. The molecule has 2 aromatic carbocycles. The van der Waals surface area contributed by atoms with Gasteiger partial charge in [-0.15, -0.1) is 0 Å². The summed E-state index contributed by atoms with van der Waals surface area (Å²) in [7, 11) is 1.52. The fourth-order valence-electron chi connectivity index (χ4n) is 2.08. The second kappa shape index (κ2) is 6.67. The molecule has 0 aliphatic rings. The summed E-state index contributed by atoms with van der Waals surface area (Å²) in [6, 6.07) is 9.36. The average molecular weight is 297 g/mol. The maximum absolute atomic E-state index is 13.1. The Kier molecular flexibility index (Phi) is 4.68. The summed E-state index contributed by atoms with van der Waals surface area (Å²) >= 11 is 0. The van der Waals surface area contributed by atoms with Crippen LogP contribution in [-0.4, -0.2) is 19.8 Å². The lowest BCUT2D eigenvalue weighted by atomic mass is 10.00. The van der Waals surface area contributed by atoms with Crippen molar-refractivity contribution in [3.05, 3.63) is 54.4 Å². The number of carbonyl (C=O) groups excluding carboxylic acids is 1. The highest BCUT2D eigenvalue weighted by atomic mass is 19.1. The van der Waals surface area contributed by atoms with Crippen LogP contribution in [0.25, 0.3) is 17.2 Å². The molecule has 2 aromatic rings. The van der Waals surface area contributed by atoms with E-state index in [0.29, 0.717) is 11.4 Å². The molecule has 0 atom stereocenters. The molecule has 0 aliphatic heterocycles. The number of hydrogen-bond acceptors (Lipinski definition) is 2. The minimum Gasteiger partial charge on any atom is -0.341 e. The summed E-state index contributed by atoms with van der Waals surface area (Å²) in [4.78, 5) is 15.5. The minimum absolute atomic E-state index is 0.305. The third kappa shape index (κ3) is 3.20. The maximum Gasteiger partial charge on any atom is 0.319 e. The van der Waals surface area contributed by atoms with Gasteiger partial charge in [0.1, 0.15) is 5.82 Å². The Hall–Kier alpha value is -2.95. The van der Waals surface area contributed by atoms with Crippen molar-refractivity contribution in [3.63, 3.8) is 0 Å². The zero-order chi connectivity index (χ0) is 16.1. The van der Waals surface area contributed by atoms with Crippen LogP contribution in [-0.2, 0) is 0 Å². The molecular formula is C17H16FN3O. The monoisotopic (exact) mass is 297 g/mol. The van der Waals surface area contributed by atoms with E-state index in [1.165, 1.54) is 19.2 Å². The van der Waals surface area contributed by atoms with Crippen molar-refractivity contribution in [2.45, 2.75) is 0 Å². The number of benzene rings is 2. The van der Waals surface area contributed by atoms with Gasteiger partial charge >= 0.3 is 6.03 Å². The van der Waals surface area contributed by atoms with E-state index < -0.39 is 0 Å². The SMILES string of the molecule is C=Cc1cc(-c2ccc(F)cc2)cc(NC(=O)NC)c1N=C. The van der Waals surface area contributed by atoms with Crippen molar-refractivity contribution in [3.8, 4) is 11.1 Å². The summed E-state index contributed by atoms with van der Waals surface area (Å²) in [6.45, 7) is 7.28. The fourth-order valence-corrected chi connectivity index (χ4v) is 2.08. The number of nitrogens with one attached hydrogen (secondary N) is 2. The number of urea groups is 1. The van der Waals surface area contributed by atoms with Crippen LogP contribution in [0.3, 0.4) is 0 Å². The minimum atomic E-state index is -0.365. The zero-order valence-corrected chi connectivity index (χ0v) is 12.2. The standard InChI is InChI=1S/C17H16FN3O/c1-4-11-9-13(12-5-7-14(18)8-6-12)10-15(16(11)19-2)21-17(22)20-3/h4-10H,1-2H2,3H3,(H2,20,21,22). The first-order valence-electron chi connectivity index (χ1n) is 6.61. The van der Waals surface area contributed by atoms with Gasteiger partial charge in [0.15, 0.2) is 0 Å². The number of hydrogen-bond donors (Lipinski definition) is 2. The highest BCUT2D eigenvalue weighted by Gasteiger charge is 2.11. The van der Waals surface area contributed by atoms with E-state index in [1.807, 2.05) is 6.07 Å². The topological polar surface area (TPSA) is 53.5 Å². The van der Waals surface area contributed by atoms with E-state index in [-0.39, 0.29) is 11.8 Å². The van der Waals surface area contributed by atoms with Gasteiger partial charge < -0.3 is 10.6 Å². The van der Waals surface area contributed by atoms with Crippen LogP contribution in [0.1, 0.15) is 5.56 Å². The molecule has 0 heterocycles. The molecule has 0 aromatic heterocycles. The number of aliphatic imine (C=N–C) groups is 1. The normalized spacial score (nSPS) is 9.91. The quantitative estimate of drug-likeness (QED) is 0.816. The predicted octanol–water partition coefficient (Wildman–Crippen LogP) is 4.22. The van der Waals surface area contributed by atoms with Crippen LogP contribution in [0.2, 0.25) is 0 Å². The third-order valence-electron chi connectivity index (χ3n) is 3.17. The second-order valence-corrected chi connectivity index (χ2v) is 4.53. The lowest BCUT2D eigenvalue weighted by Gasteiger charge is -2.13. The van der Waals surface area contributed by atoms with Crippen LogP contribution in [0.15, 0.2) is 48.0 Å². The van der Waals surface area contributed by atoms with Crippen LogP contribution in [0.4, 0.5) is 20.6 Å². The Bertz CT molecular complexity index is 723. The number of halogens is 1. The second-order valence-electron chi connectivity index (χ2n) is 4.53. The number of carbonyl (C=O) groups is 1. The van der Waals surface area contributed by atoms with Crippen LogP contribution < -0.4 is 10.6 Å². The van der Waals surface area contributed by atoms with Gasteiger partial charge in [0.2, 0.25) is 0 Å². The third-order valence-corrected chi connectivity index (χ3v) is 3.17. The summed E-state index contributed by atoms with van der Waals surface area (Å²) in [5.74, 6) is -0.305. The molecule has 0 bridgehead atoms. The van der Waals surface area contributed by atoms with E-state index in [2.05, 4.69) is 28.9 Å². The van der Waals surface area contributed by atoms with Crippen molar-refractivity contribution in [2.24, 2.45) is 4.99 Å². The lowest BCUT2D eigenvalue weighted by molar-refractivity contribution is 0.254. The van der Waals surface area contributed by atoms with E-state index in [1.54, 1.807) is 24.3 Å². The van der Waals surface area contributed by atoms with Gasteiger partial charge in [-0.1, -0.05) is 24.8 Å². The highest BCUT2D eigenvalue weighted by Crippen LogP contribution is 2.35. The first kappa shape index (κ1) is 15.4. The summed E-state index contributed by atoms with van der Waals surface area (Å²) in [6.07, 6.45) is 1.63. The molecule has 2 amide bonds. The molecular weight excluding hydrogens is 281 g/mol. The molecule has 22 heavy (non-hydrogen) atoms. The largest absolute Gasteiger partial charge is 0.341 e. The fraction of sp³-hybridized carbons (Fsp3) is 0.0588. The molecule has 0 spiro atoms. The number of amides is 2. The van der Waals surface area contributed by atoms with Crippen LogP contribution in [0, 0.1) is 5.82 Å². The smallest absolute Gasteiger partial charge is 0.319 e. The molecule has 0 fully saturated rings. The molecule has 0 saturated heterocycles. The summed E-state index contributed by atoms with van der Waals surface area (Å²) < 4.78 is 13.1. The molecule has 0 aliphatic carbocycles. The van der Waals surface area contributed by atoms with Gasteiger partial charge in [-0.05, 0) is 42.1 Å². The predicted molar refractivity (Wildman–Crippen MR) is 89.2 cm³/mol. The van der Waals surface area contributed by atoms with E-state index in [9.17, 15) is 9.18 Å². The van der Waals surface area contributed by atoms with Gasteiger partial charge in [-0.3, -0.25) is 4.99 Å². The van der Waals surface area contributed by atoms with Crippen molar-refractivity contribution in [1.29, 1.82) is 0 Å². The Morgan fingerprint density at radius 1 is 1.23 bits per heavy atom. The number of nitrogens with zero attached hydrogens (tertiary/aromatic N) is 1. The Morgan fingerprint density at radius 2 is 1.91 bits per heavy atom. The van der Waals surface area contributed by atoms with Crippen molar-refractivity contribution in [1.82, 2.24) is 5.32 Å². The van der Waals surface area contributed by atoms with Gasteiger partial charge in [0, 0.05) is 12.6 Å². The molecule has 0 unspecified atom stereocenters. The van der Waals surface area contributed by atoms with E-state index in [0.717, 1.165) is 16.7 Å². The van der Waals surface area contributed by atoms with Gasteiger partial charge in [-0.2, -0.15) is 0 Å². The van der Waals surface area contributed by atoms with Crippen LogP contribution in [0.5, 0.6) is 0 Å². The Labute approximate surface area is 128 Å². The Morgan fingerprint density at radius 3 is 2.45 bits per heavy atom. The van der Waals surface area contributed by atoms with E-state index in [4.69, 9.17) is 0 Å². The number of anilines is 1. The maximum atomic E-state index is 13.1. The first-order chi connectivity index (χ1) is 10.6. The molecule has 4 nitrogen and oxygen atoms in total. The van der Waals surface area contributed by atoms with Crippen molar-refractivity contribution in [2.75, 3.05) is 12.4 Å². The van der Waals surface area contributed by atoms with Gasteiger partial charge in [-0.25, -0.2) is 9.18 Å². The van der Waals surface area contributed by atoms with Crippen molar-refractivity contribution >= 4 is 30.2 Å². The molecule has 112 valence electrons. The number of rotatable bonds is 4. The Balaban J connectivity index is 2.58. The average Bonchev–Trinajstić information content (AvgIpc) is 2.54. The van der Waals surface area contributed by atoms with Crippen molar-refractivity contribution < 1.29 is 9.18 Å². The van der Waals surface area contributed by atoms with Crippen LogP contribution >= 0.6 is 0 Å². The summed E-state index contributed by atoms with van der Waals surface area (Å²) in [5.41, 5.74) is 3.40.